The van der Waals surface area contributed by atoms with E-state index in [1.54, 1.807) is 24.3 Å². The summed E-state index contributed by atoms with van der Waals surface area (Å²) in [7, 11) is 1.37. The highest BCUT2D eigenvalue weighted by molar-refractivity contribution is 9.09. The van der Waals surface area contributed by atoms with Gasteiger partial charge in [-0.15, -0.1) is 0 Å². The van der Waals surface area contributed by atoms with Gasteiger partial charge < -0.3 is 4.74 Å². The first-order valence-corrected chi connectivity index (χ1v) is 5.07. The topological polar surface area (TPSA) is 26.3 Å². The normalized spacial score (nSPS) is 8.23. The van der Waals surface area contributed by atoms with Gasteiger partial charge in [0.25, 0.3) is 0 Å². The highest BCUT2D eigenvalue weighted by atomic mass is 79.9. The number of hydrogen-bond donors (Lipinski definition) is 0. The lowest BCUT2D eigenvalue weighted by atomic mass is 10.2. The van der Waals surface area contributed by atoms with E-state index in [0.29, 0.717) is 5.56 Å². The summed E-state index contributed by atoms with van der Waals surface area (Å²) >= 11 is 3.15. The Balaban J connectivity index is 0.000000424. The second kappa shape index (κ2) is 7.80. The fourth-order valence-corrected chi connectivity index (χ4v) is 0.692. The van der Waals surface area contributed by atoms with E-state index >= 15 is 0 Å². The van der Waals surface area contributed by atoms with Crippen LogP contribution in [-0.2, 0) is 4.74 Å². The number of esters is 1. The minimum Gasteiger partial charge on any atom is -0.465 e. The first-order valence-electron chi connectivity index (χ1n) is 3.95. The molecule has 0 atom stereocenters. The van der Waals surface area contributed by atoms with E-state index in [1.807, 2.05) is 13.0 Å². The van der Waals surface area contributed by atoms with Crippen LogP contribution in [0.5, 0.6) is 0 Å². The lowest BCUT2D eigenvalue weighted by molar-refractivity contribution is 0.0601. The molecular formula is C10H13BrO2. The molecular weight excluding hydrogens is 232 g/mol. The highest BCUT2D eigenvalue weighted by Crippen LogP contribution is 1.98. The van der Waals surface area contributed by atoms with Gasteiger partial charge in [0.2, 0.25) is 0 Å². The second-order valence-corrected chi connectivity index (χ2v) is 3.25. The van der Waals surface area contributed by atoms with E-state index in [4.69, 9.17) is 0 Å². The Hall–Kier alpha value is -0.830. The average molecular weight is 245 g/mol. The molecule has 0 heterocycles. The third-order valence-electron chi connectivity index (χ3n) is 1.19. The number of halogens is 1. The Kier molecular flexibility index (Phi) is 7.30. The van der Waals surface area contributed by atoms with Gasteiger partial charge in [-0.2, -0.15) is 0 Å². The maximum absolute atomic E-state index is 10.8. The molecule has 0 aromatic heterocycles. The van der Waals surface area contributed by atoms with Gasteiger partial charge in [0.05, 0.1) is 12.7 Å². The van der Waals surface area contributed by atoms with Crippen LogP contribution >= 0.6 is 15.9 Å². The van der Waals surface area contributed by atoms with Gasteiger partial charge in [0.15, 0.2) is 0 Å². The van der Waals surface area contributed by atoms with Crippen molar-refractivity contribution in [1.82, 2.24) is 0 Å². The molecule has 3 heteroatoms. The van der Waals surface area contributed by atoms with Crippen molar-refractivity contribution in [1.29, 1.82) is 0 Å². The van der Waals surface area contributed by atoms with E-state index in [9.17, 15) is 4.79 Å². The fraction of sp³-hybridized carbons (Fsp3) is 0.300. The number of methoxy groups -OCH3 is 1. The van der Waals surface area contributed by atoms with Crippen LogP contribution < -0.4 is 0 Å². The number of benzene rings is 1. The smallest absolute Gasteiger partial charge is 0.337 e. The number of ether oxygens (including phenoxy) is 1. The van der Waals surface area contributed by atoms with Gasteiger partial charge in [0, 0.05) is 5.33 Å². The summed E-state index contributed by atoms with van der Waals surface area (Å²) in [6.07, 6.45) is 0. The number of hydrogen-bond acceptors (Lipinski definition) is 2. The molecule has 0 aliphatic carbocycles. The molecule has 0 saturated carbocycles. The molecule has 0 aliphatic rings. The molecule has 13 heavy (non-hydrogen) atoms. The molecule has 0 radical (unpaired) electrons. The Morgan fingerprint density at radius 1 is 1.38 bits per heavy atom. The fourth-order valence-electron chi connectivity index (χ4n) is 0.692. The first kappa shape index (κ1) is 12.2. The average Bonchev–Trinajstić information content (AvgIpc) is 2.19. The summed E-state index contributed by atoms with van der Waals surface area (Å²) in [6, 6.07) is 8.88. The lowest BCUT2D eigenvalue weighted by Crippen LogP contribution is -1.99. The first-order chi connectivity index (χ1) is 6.26. The quantitative estimate of drug-likeness (QED) is 0.561. The van der Waals surface area contributed by atoms with Crippen molar-refractivity contribution < 1.29 is 9.53 Å². The number of alkyl halides is 1. The van der Waals surface area contributed by atoms with Crippen LogP contribution in [0.2, 0.25) is 0 Å². The van der Waals surface area contributed by atoms with Crippen LogP contribution in [-0.4, -0.2) is 18.4 Å². The van der Waals surface area contributed by atoms with Crippen molar-refractivity contribution in [2.24, 2.45) is 0 Å². The van der Waals surface area contributed by atoms with Crippen LogP contribution in [0.3, 0.4) is 0 Å². The third-order valence-corrected chi connectivity index (χ3v) is 1.19. The molecule has 1 rings (SSSR count). The molecule has 2 nitrogen and oxygen atoms in total. The van der Waals surface area contributed by atoms with Gasteiger partial charge in [-0.1, -0.05) is 41.1 Å². The lowest BCUT2D eigenvalue weighted by Gasteiger charge is -1.95. The van der Waals surface area contributed by atoms with E-state index in [2.05, 4.69) is 20.7 Å². The molecule has 1 aromatic carbocycles. The molecule has 0 N–H and O–H groups in total. The Bertz CT molecular complexity index is 234. The number of carbonyl (C=O) groups excluding carboxylic acids is 1. The van der Waals surface area contributed by atoms with E-state index in [-0.39, 0.29) is 5.97 Å². The molecule has 0 aliphatic heterocycles. The van der Waals surface area contributed by atoms with Crippen LogP contribution in [0.25, 0.3) is 0 Å². The Morgan fingerprint density at radius 3 is 2.23 bits per heavy atom. The molecule has 1 aromatic rings. The number of carbonyl (C=O) groups is 1. The van der Waals surface area contributed by atoms with Crippen molar-refractivity contribution in [3.63, 3.8) is 0 Å². The van der Waals surface area contributed by atoms with Crippen molar-refractivity contribution >= 4 is 21.9 Å². The predicted molar refractivity (Wildman–Crippen MR) is 57.2 cm³/mol. The van der Waals surface area contributed by atoms with Crippen LogP contribution in [0.15, 0.2) is 30.3 Å². The van der Waals surface area contributed by atoms with E-state index in [1.165, 1.54) is 7.11 Å². The zero-order valence-corrected chi connectivity index (χ0v) is 9.37. The zero-order valence-electron chi connectivity index (χ0n) is 7.79. The van der Waals surface area contributed by atoms with Crippen LogP contribution in [0.1, 0.15) is 17.3 Å². The van der Waals surface area contributed by atoms with Crippen molar-refractivity contribution in [2.75, 3.05) is 12.4 Å². The summed E-state index contributed by atoms with van der Waals surface area (Å²) in [6.45, 7) is 2.04. The Morgan fingerprint density at radius 2 is 1.85 bits per heavy atom. The van der Waals surface area contributed by atoms with Gasteiger partial charge in [0.1, 0.15) is 0 Å². The monoisotopic (exact) mass is 244 g/mol. The summed E-state index contributed by atoms with van der Waals surface area (Å²) in [5.74, 6) is -0.291. The highest BCUT2D eigenvalue weighted by Gasteiger charge is 2.00. The van der Waals surface area contributed by atoms with Gasteiger partial charge in [-0.25, -0.2) is 4.79 Å². The molecule has 0 unspecified atom stereocenters. The predicted octanol–water partition coefficient (Wildman–Crippen LogP) is 2.87. The van der Waals surface area contributed by atoms with Crippen LogP contribution in [0.4, 0.5) is 0 Å². The summed E-state index contributed by atoms with van der Waals surface area (Å²) < 4.78 is 4.50. The molecule has 0 saturated heterocycles. The largest absolute Gasteiger partial charge is 0.465 e. The molecule has 0 fully saturated rings. The van der Waals surface area contributed by atoms with Crippen molar-refractivity contribution in [2.45, 2.75) is 6.92 Å². The standard InChI is InChI=1S/C8H8O2.C2H5Br/c1-10-8(9)7-5-3-2-4-6-7;1-2-3/h2-6H,1H3;2H2,1H3. The Labute approximate surface area is 87.0 Å². The molecule has 0 amide bonds. The number of rotatable bonds is 1. The summed E-state index contributed by atoms with van der Waals surface area (Å²) in [4.78, 5) is 10.8. The maximum Gasteiger partial charge on any atom is 0.337 e. The molecule has 0 bridgehead atoms. The maximum atomic E-state index is 10.8. The molecule has 0 spiro atoms. The van der Waals surface area contributed by atoms with Crippen molar-refractivity contribution in [3.05, 3.63) is 35.9 Å². The third kappa shape index (κ3) is 5.42. The van der Waals surface area contributed by atoms with Gasteiger partial charge in [-0.3, -0.25) is 0 Å². The van der Waals surface area contributed by atoms with Gasteiger partial charge in [-0.05, 0) is 12.1 Å². The SMILES string of the molecule is CCBr.COC(=O)c1ccccc1. The van der Waals surface area contributed by atoms with Crippen molar-refractivity contribution in [3.8, 4) is 0 Å². The minimum absolute atomic E-state index is 0.291. The molecule has 72 valence electrons. The van der Waals surface area contributed by atoms with Crippen LogP contribution in [0, 0.1) is 0 Å². The minimum atomic E-state index is -0.291. The van der Waals surface area contributed by atoms with E-state index in [0.717, 1.165) is 5.33 Å². The van der Waals surface area contributed by atoms with Gasteiger partial charge >= 0.3 is 5.97 Å². The van der Waals surface area contributed by atoms with E-state index < -0.39 is 0 Å². The summed E-state index contributed by atoms with van der Waals surface area (Å²) in [5, 5.41) is 1.06. The second-order valence-electron chi connectivity index (χ2n) is 2.12. The summed E-state index contributed by atoms with van der Waals surface area (Å²) in [5.41, 5.74) is 0.588. The zero-order chi connectivity index (χ0) is 10.1.